The number of carboxylic acid groups (broad SMARTS) is 1. The molecule has 0 aromatic heterocycles. The van der Waals surface area contributed by atoms with Gasteiger partial charge in [-0.1, -0.05) is 6.07 Å². The molecule has 0 saturated carbocycles. The standard InChI is InChI=1S/C21H25N3O3/c1-4-24(5-2)18-12-9-16(13-19(18)27-6-3)20(21(25)26)23-17-10-7-15(14-22)8-11-17/h7-13,20,23H,4-6H2,1-3H3,(H,25,26)/p-1. The number of benzene rings is 2. The zero-order chi connectivity index (χ0) is 19.8. The van der Waals surface area contributed by atoms with Gasteiger partial charge in [-0.25, -0.2) is 0 Å². The Labute approximate surface area is 160 Å². The maximum Gasteiger partial charge on any atom is 0.142 e. The van der Waals surface area contributed by atoms with E-state index in [0.29, 0.717) is 29.2 Å². The van der Waals surface area contributed by atoms with E-state index in [4.69, 9.17) is 10.00 Å². The smallest absolute Gasteiger partial charge is 0.142 e. The predicted octanol–water partition coefficient (Wildman–Crippen LogP) is 2.71. The van der Waals surface area contributed by atoms with Crippen molar-refractivity contribution in [2.45, 2.75) is 26.8 Å². The van der Waals surface area contributed by atoms with Crippen LogP contribution in [0, 0.1) is 11.3 Å². The fourth-order valence-corrected chi connectivity index (χ4v) is 2.89. The first-order valence-corrected chi connectivity index (χ1v) is 9.03. The van der Waals surface area contributed by atoms with Crippen molar-refractivity contribution < 1.29 is 14.6 Å². The summed E-state index contributed by atoms with van der Waals surface area (Å²) in [4.78, 5) is 13.9. The van der Waals surface area contributed by atoms with Gasteiger partial charge in [-0.15, -0.1) is 0 Å². The molecule has 0 saturated heterocycles. The van der Waals surface area contributed by atoms with Crippen molar-refractivity contribution in [3.8, 4) is 11.8 Å². The van der Waals surface area contributed by atoms with E-state index in [-0.39, 0.29) is 0 Å². The summed E-state index contributed by atoms with van der Waals surface area (Å²) in [5.41, 5.74) is 2.57. The lowest BCUT2D eigenvalue weighted by Crippen LogP contribution is -2.34. The van der Waals surface area contributed by atoms with Crippen LogP contribution >= 0.6 is 0 Å². The molecule has 0 bridgehead atoms. The summed E-state index contributed by atoms with van der Waals surface area (Å²) in [5.74, 6) is -0.594. The molecule has 0 heterocycles. The average Bonchev–Trinajstić information content (AvgIpc) is 2.68. The number of ether oxygens (including phenoxy) is 1. The summed E-state index contributed by atoms with van der Waals surface area (Å²) in [5, 5.41) is 23.6. The zero-order valence-corrected chi connectivity index (χ0v) is 15.9. The first-order valence-electron chi connectivity index (χ1n) is 9.03. The van der Waals surface area contributed by atoms with Gasteiger partial charge in [-0.3, -0.25) is 0 Å². The Morgan fingerprint density at radius 2 is 1.85 bits per heavy atom. The number of nitriles is 1. The van der Waals surface area contributed by atoms with Crippen LogP contribution in [0.5, 0.6) is 5.75 Å². The largest absolute Gasteiger partial charge is 0.548 e. The van der Waals surface area contributed by atoms with E-state index >= 15 is 0 Å². The molecular weight excluding hydrogens is 342 g/mol. The molecule has 6 heteroatoms. The molecule has 1 N–H and O–H groups in total. The molecule has 6 nitrogen and oxygen atoms in total. The number of carbonyl (C=O) groups is 1. The third kappa shape index (κ3) is 4.91. The van der Waals surface area contributed by atoms with Gasteiger partial charge in [-0.05, 0) is 62.7 Å². The molecule has 0 spiro atoms. The Hall–Kier alpha value is -3.20. The minimum Gasteiger partial charge on any atom is -0.548 e. The molecular formula is C21H24N3O3-. The number of nitrogens with one attached hydrogen (secondary N) is 1. The molecule has 1 atom stereocenters. The maximum atomic E-state index is 11.8. The van der Waals surface area contributed by atoms with Crippen LogP contribution in [0.2, 0.25) is 0 Å². The maximum absolute atomic E-state index is 11.8. The van der Waals surface area contributed by atoms with Crippen LogP contribution in [-0.4, -0.2) is 25.7 Å². The van der Waals surface area contributed by atoms with Crippen molar-refractivity contribution in [1.82, 2.24) is 0 Å². The Bertz CT molecular complexity index is 808. The molecule has 142 valence electrons. The number of aliphatic carboxylic acids is 1. The highest BCUT2D eigenvalue weighted by Gasteiger charge is 2.17. The van der Waals surface area contributed by atoms with Crippen LogP contribution in [0.4, 0.5) is 11.4 Å². The van der Waals surface area contributed by atoms with E-state index in [9.17, 15) is 9.90 Å². The first-order chi connectivity index (χ1) is 13.0. The van der Waals surface area contributed by atoms with E-state index in [1.54, 1.807) is 36.4 Å². The monoisotopic (exact) mass is 366 g/mol. The molecule has 0 aliphatic rings. The first kappa shape index (κ1) is 20.1. The minimum atomic E-state index is -1.24. The second-order valence-electron chi connectivity index (χ2n) is 5.92. The van der Waals surface area contributed by atoms with E-state index in [2.05, 4.69) is 24.1 Å². The fourth-order valence-electron chi connectivity index (χ4n) is 2.89. The highest BCUT2D eigenvalue weighted by atomic mass is 16.5. The van der Waals surface area contributed by atoms with Gasteiger partial charge in [0.15, 0.2) is 0 Å². The number of rotatable bonds is 9. The van der Waals surface area contributed by atoms with Crippen LogP contribution in [0.3, 0.4) is 0 Å². The van der Waals surface area contributed by atoms with E-state index in [1.807, 2.05) is 19.1 Å². The number of hydrogen-bond donors (Lipinski definition) is 1. The van der Waals surface area contributed by atoms with Crippen LogP contribution in [-0.2, 0) is 4.79 Å². The molecule has 0 radical (unpaired) electrons. The fraction of sp³-hybridized carbons (Fsp3) is 0.333. The lowest BCUT2D eigenvalue weighted by atomic mass is 10.0. The van der Waals surface area contributed by atoms with Crippen LogP contribution in [0.15, 0.2) is 42.5 Å². The summed E-state index contributed by atoms with van der Waals surface area (Å²) in [6.45, 7) is 8.14. The number of carboxylic acids is 1. The van der Waals surface area contributed by atoms with Crippen LogP contribution in [0.25, 0.3) is 0 Å². The molecule has 0 aliphatic heterocycles. The van der Waals surface area contributed by atoms with Gasteiger partial charge in [0.05, 0.1) is 35.9 Å². The van der Waals surface area contributed by atoms with Gasteiger partial charge >= 0.3 is 0 Å². The van der Waals surface area contributed by atoms with E-state index < -0.39 is 12.0 Å². The number of anilines is 2. The summed E-state index contributed by atoms with van der Waals surface area (Å²) in [6.07, 6.45) is 0. The Morgan fingerprint density at radius 3 is 2.37 bits per heavy atom. The SMILES string of the molecule is CCOc1cc(C(Nc2ccc(C#N)cc2)C(=O)[O-])ccc1N(CC)CC. The molecule has 0 amide bonds. The normalized spacial score (nSPS) is 11.3. The third-order valence-electron chi connectivity index (χ3n) is 4.28. The molecule has 27 heavy (non-hydrogen) atoms. The Kier molecular flexibility index (Phi) is 7.07. The molecule has 2 aromatic carbocycles. The van der Waals surface area contributed by atoms with Gasteiger partial charge in [-0.2, -0.15) is 5.26 Å². The molecule has 0 fully saturated rings. The van der Waals surface area contributed by atoms with Crippen molar-refractivity contribution in [3.05, 3.63) is 53.6 Å². The molecule has 0 aliphatic carbocycles. The van der Waals surface area contributed by atoms with Crippen molar-refractivity contribution in [3.63, 3.8) is 0 Å². The van der Waals surface area contributed by atoms with Crippen molar-refractivity contribution in [2.24, 2.45) is 0 Å². The van der Waals surface area contributed by atoms with Crippen LogP contribution in [0.1, 0.15) is 37.9 Å². The second-order valence-corrected chi connectivity index (χ2v) is 5.92. The van der Waals surface area contributed by atoms with Gasteiger partial charge in [0.1, 0.15) is 5.75 Å². The molecule has 2 aromatic rings. The number of nitrogens with zero attached hydrogens (tertiary/aromatic N) is 2. The van der Waals surface area contributed by atoms with Gasteiger partial charge in [0.25, 0.3) is 0 Å². The topological polar surface area (TPSA) is 88.4 Å². The van der Waals surface area contributed by atoms with Crippen LogP contribution < -0.4 is 20.1 Å². The lowest BCUT2D eigenvalue weighted by Gasteiger charge is -2.26. The third-order valence-corrected chi connectivity index (χ3v) is 4.28. The number of hydrogen-bond acceptors (Lipinski definition) is 6. The predicted molar refractivity (Wildman–Crippen MR) is 104 cm³/mol. The van der Waals surface area contributed by atoms with Gasteiger partial charge in [0.2, 0.25) is 0 Å². The van der Waals surface area contributed by atoms with Crippen molar-refractivity contribution in [2.75, 3.05) is 29.9 Å². The quantitative estimate of drug-likeness (QED) is 0.734. The zero-order valence-electron chi connectivity index (χ0n) is 15.9. The van der Waals surface area contributed by atoms with Gasteiger partial charge in [0, 0.05) is 18.8 Å². The number of carbonyl (C=O) groups excluding carboxylic acids is 1. The second kappa shape index (κ2) is 9.48. The highest BCUT2D eigenvalue weighted by Crippen LogP contribution is 2.32. The summed E-state index contributed by atoms with van der Waals surface area (Å²) in [6, 6.07) is 13.0. The Balaban J connectivity index is 2.36. The van der Waals surface area contributed by atoms with Crippen molar-refractivity contribution in [1.29, 1.82) is 5.26 Å². The van der Waals surface area contributed by atoms with Gasteiger partial charge < -0.3 is 24.9 Å². The summed E-state index contributed by atoms with van der Waals surface area (Å²) in [7, 11) is 0. The Morgan fingerprint density at radius 1 is 1.19 bits per heavy atom. The molecule has 2 rings (SSSR count). The molecule has 1 unspecified atom stereocenters. The van der Waals surface area contributed by atoms with Crippen molar-refractivity contribution >= 4 is 17.3 Å². The lowest BCUT2D eigenvalue weighted by molar-refractivity contribution is -0.307. The summed E-state index contributed by atoms with van der Waals surface area (Å²) >= 11 is 0. The summed E-state index contributed by atoms with van der Waals surface area (Å²) < 4.78 is 5.75. The van der Waals surface area contributed by atoms with E-state index in [1.165, 1.54) is 0 Å². The average molecular weight is 366 g/mol. The highest BCUT2D eigenvalue weighted by molar-refractivity contribution is 5.78. The minimum absolute atomic E-state index is 0.483. The van der Waals surface area contributed by atoms with E-state index in [0.717, 1.165) is 18.8 Å².